The van der Waals surface area contributed by atoms with E-state index in [1.165, 1.54) is 22.2 Å². The van der Waals surface area contributed by atoms with Gasteiger partial charge in [-0.15, -0.1) is 0 Å². The summed E-state index contributed by atoms with van der Waals surface area (Å²) in [6, 6.07) is 30.6. The molecule has 12 heteroatoms. The Bertz CT molecular complexity index is 1910. The van der Waals surface area contributed by atoms with Crippen LogP contribution >= 0.6 is 53.8 Å². The molecular formula is C36H39I2N2O7P. The van der Waals surface area contributed by atoms with Crippen molar-refractivity contribution in [3.63, 3.8) is 0 Å². The first kappa shape index (κ1) is 39.4. The maximum atomic E-state index is 11.0. The molecule has 0 radical (unpaired) electrons. The molecule has 0 bridgehead atoms. The monoisotopic (exact) mass is 896 g/mol. The number of benzene rings is 4. The number of furan rings is 2. The van der Waals surface area contributed by atoms with E-state index in [1.54, 1.807) is 24.5 Å². The van der Waals surface area contributed by atoms with Gasteiger partial charge in [-0.05, 0) is 54.9 Å². The van der Waals surface area contributed by atoms with Crippen molar-refractivity contribution in [2.24, 2.45) is 0 Å². The van der Waals surface area contributed by atoms with Crippen molar-refractivity contribution in [3.05, 3.63) is 113 Å². The SMILES string of the molecule is CCOP(OCC)OCC.CI.CI.O=[N+]([O-])c1ccccc1-c1coc2ccccc12.c1ccc2c(c1)[nH]c1oc3ccccc3c12. The molecule has 3 heterocycles. The average Bonchev–Trinajstić information content (AvgIpc) is 3.83. The highest BCUT2D eigenvalue weighted by Crippen LogP contribution is 2.39. The molecule has 9 nitrogen and oxygen atoms in total. The van der Waals surface area contributed by atoms with Crippen LogP contribution in [-0.2, 0) is 13.6 Å². The van der Waals surface area contributed by atoms with Gasteiger partial charge in [0.2, 0.25) is 5.71 Å². The number of alkyl halides is 2. The van der Waals surface area contributed by atoms with Crippen molar-refractivity contribution in [2.45, 2.75) is 20.8 Å². The van der Waals surface area contributed by atoms with Gasteiger partial charge in [0.15, 0.2) is 0 Å². The van der Waals surface area contributed by atoms with Gasteiger partial charge in [0.25, 0.3) is 5.69 Å². The molecule has 1 N–H and O–H groups in total. The molecule has 0 aliphatic carbocycles. The first-order chi connectivity index (χ1) is 23.5. The summed E-state index contributed by atoms with van der Waals surface area (Å²) in [6.07, 6.45) is 1.56. The Kier molecular flexibility index (Phi) is 17.3. The molecule has 0 unspecified atom stereocenters. The average molecular weight is 896 g/mol. The smallest absolute Gasteiger partial charge is 0.332 e. The number of rotatable bonds is 8. The number of fused-ring (bicyclic) bond motifs is 6. The summed E-state index contributed by atoms with van der Waals surface area (Å²) in [5, 5.41) is 15.5. The second-order valence-corrected chi connectivity index (χ2v) is 10.6. The first-order valence-corrected chi connectivity index (χ1v) is 20.5. The van der Waals surface area contributed by atoms with Gasteiger partial charge in [-0.25, -0.2) is 0 Å². The number of nitro benzene ring substituents is 1. The molecule has 254 valence electrons. The van der Waals surface area contributed by atoms with E-state index in [9.17, 15) is 10.1 Å². The molecule has 0 aliphatic heterocycles. The highest BCUT2D eigenvalue weighted by atomic mass is 127. The Morgan fingerprint density at radius 1 is 0.688 bits per heavy atom. The van der Waals surface area contributed by atoms with Gasteiger partial charge in [0.1, 0.15) is 11.2 Å². The normalized spacial score (nSPS) is 10.4. The van der Waals surface area contributed by atoms with Crippen LogP contribution in [-0.4, -0.2) is 39.6 Å². The lowest BCUT2D eigenvalue weighted by atomic mass is 10.0. The summed E-state index contributed by atoms with van der Waals surface area (Å²) in [5.74, 6) is 0. The van der Waals surface area contributed by atoms with E-state index in [0.29, 0.717) is 25.4 Å². The fraction of sp³-hybridized carbons (Fsp3) is 0.222. The maximum Gasteiger partial charge on any atom is 0.332 e. The van der Waals surface area contributed by atoms with Crippen LogP contribution in [0, 0.1) is 10.1 Å². The van der Waals surface area contributed by atoms with Crippen LogP contribution in [0.15, 0.2) is 112 Å². The van der Waals surface area contributed by atoms with E-state index in [1.807, 2.05) is 79.2 Å². The minimum absolute atomic E-state index is 0.0871. The molecule has 0 saturated carbocycles. The third kappa shape index (κ3) is 9.99. The van der Waals surface area contributed by atoms with Crippen molar-refractivity contribution in [1.82, 2.24) is 4.98 Å². The fourth-order valence-electron chi connectivity index (χ4n) is 4.81. The highest BCUT2D eigenvalue weighted by Gasteiger charge is 2.18. The van der Waals surface area contributed by atoms with Crippen LogP contribution < -0.4 is 0 Å². The Morgan fingerprint density at radius 2 is 1.21 bits per heavy atom. The second kappa shape index (κ2) is 21.1. The number of aromatic amines is 1. The molecule has 0 spiro atoms. The first-order valence-electron chi connectivity index (χ1n) is 15.1. The molecule has 48 heavy (non-hydrogen) atoms. The molecule has 0 aliphatic rings. The molecular weight excluding hydrogens is 857 g/mol. The second-order valence-electron chi connectivity index (χ2n) is 9.37. The van der Waals surface area contributed by atoms with E-state index >= 15 is 0 Å². The number of halogens is 2. The van der Waals surface area contributed by atoms with Gasteiger partial charge in [-0.1, -0.05) is 112 Å². The van der Waals surface area contributed by atoms with Crippen LogP contribution in [0.5, 0.6) is 0 Å². The van der Waals surface area contributed by atoms with Crippen LogP contribution in [0.25, 0.3) is 55.1 Å². The standard InChI is InChI=1S/C14H9NO3.C14H9NO.C6H15O3P.2CH3I/c16-15(17)13-7-3-1-5-10(13)12-9-18-14-8-4-2-6-11(12)14;1-3-7-11-9(5-1)13-10-6-2-4-8-12(10)16-14(13)15-11;1-4-7-10(8-5-2)9-6-3;2*1-2/h1-9H;1-8,15H;4-6H2,1-3H3;2*1H3. The number of para-hydroxylation sites is 4. The van der Waals surface area contributed by atoms with Gasteiger partial charge in [-0.3, -0.25) is 10.1 Å². The number of hydrogen-bond donors (Lipinski definition) is 1. The summed E-state index contributed by atoms with van der Waals surface area (Å²) in [5.41, 5.74) is 5.07. The number of H-pyrrole nitrogens is 1. The summed E-state index contributed by atoms with van der Waals surface area (Å²) < 4.78 is 26.6. The molecule has 0 atom stereocenters. The van der Waals surface area contributed by atoms with Crippen molar-refractivity contribution in [1.29, 1.82) is 0 Å². The lowest BCUT2D eigenvalue weighted by molar-refractivity contribution is -0.384. The number of nitrogens with zero attached hydrogens (tertiary/aromatic N) is 1. The zero-order valence-electron chi connectivity index (χ0n) is 27.4. The predicted molar refractivity (Wildman–Crippen MR) is 216 cm³/mol. The number of nitrogens with one attached hydrogen (secondary N) is 1. The van der Waals surface area contributed by atoms with Gasteiger partial charge < -0.3 is 27.4 Å². The largest absolute Gasteiger partial charge is 0.464 e. The molecule has 0 fully saturated rings. The molecule has 0 saturated heterocycles. The summed E-state index contributed by atoms with van der Waals surface area (Å²) in [6.45, 7) is 7.71. The van der Waals surface area contributed by atoms with Gasteiger partial charge in [-0.2, -0.15) is 0 Å². The third-order valence-corrected chi connectivity index (χ3v) is 8.02. The van der Waals surface area contributed by atoms with Crippen molar-refractivity contribution >= 4 is 103 Å². The lowest BCUT2D eigenvalue weighted by Crippen LogP contribution is -1.94. The minimum atomic E-state index is -1.06. The maximum absolute atomic E-state index is 11.0. The Morgan fingerprint density at radius 3 is 1.83 bits per heavy atom. The van der Waals surface area contributed by atoms with E-state index < -0.39 is 8.60 Å². The molecule has 7 aromatic rings. The Balaban J connectivity index is 0.000000193. The van der Waals surface area contributed by atoms with Crippen LogP contribution in [0.2, 0.25) is 0 Å². The quantitative estimate of drug-likeness (QED) is 0.0531. The molecule has 7 rings (SSSR count). The summed E-state index contributed by atoms with van der Waals surface area (Å²) in [4.78, 5) is 17.9. The van der Waals surface area contributed by atoms with E-state index in [-0.39, 0.29) is 10.6 Å². The van der Waals surface area contributed by atoms with Gasteiger partial charge >= 0.3 is 8.60 Å². The Hall–Kier alpha value is -3.07. The third-order valence-electron chi connectivity index (χ3n) is 6.62. The van der Waals surface area contributed by atoms with Crippen molar-refractivity contribution in [2.75, 3.05) is 29.7 Å². The summed E-state index contributed by atoms with van der Waals surface area (Å²) >= 11 is 4.30. The fourth-order valence-corrected chi connectivity index (χ4v) is 5.66. The Labute approximate surface area is 308 Å². The number of nitro groups is 1. The van der Waals surface area contributed by atoms with Crippen LogP contribution in [0.3, 0.4) is 0 Å². The molecule has 3 aromatic heterocycles. The molecule has 0 amide bonds. The van der Waals surface area contributed by atoms with Crippen LogP contribution in [0.4, 0.5) is 5.69 Å². The van der Waals surface area contributed by atoms with Gasteiger partial charge in [0, 0.05) is 33.3 Å². The minimum Gasteiger partial charge on any atom is -0.464 e. The van der Waals surface area contributed by atoms with Crippen LogP contribution in [0.1, 0.15) is 20.8 Å². The topological polar surface area (TPSA) is 113 Å². The number of hydrogen-bond acceptors (Lipinski definition) is 7. The molecule has 4 aromatic carbocycles. The predicted octanol–water partition coefficient (Wildman–Crippen LogP) is 12.5. The van der Waals surface area contributed by atoms with E-state index in [0.717, 1.165) is 33.3 Å². The van der Waals surface area contributed by atoms with Crippen molar-refractivity contribution < 1.29 is 27.3 Å². The van der Waals surface area contributed by atoms with E-state index in [2.05, 4.69) is 74.4 Å². The van der Waals surface area contributed by atoms with E-state index in [4.69, 9.17) is 22.4 Å². The van der Waals surface area contributed by atoms with Gasteiger partial charge in [0.05, 0.1) is 42.0 Å². The summed E-state index contributed by atoms with van der Waals surface area (Å²) in [7, 11) is -1.06. The van der Waals surface area contributed by atoms with Crippen molar-refractivity contribution in [3.8, 4) is 11.1 Å². The zero-order chi connectivity index (χ0) is 34.9. The highest BCUT2D eigenvalue weighted by molar-refractivity contribution is 14.1. The lowest BCUT2D eigenvalue weighted by Gasteiger charge is -2.12. The number of aromatic nitrogens is 1. The zero-order valence-corrected chi connectivity index (χ0v) is 32.7.